The predicted molar refractivity (Wildman–Crippen MR) is 72.2 cm³/mol. The standard InChI is InChI=1S/C15H13F3N2/c16-15(17,18)11-4-6-12(7-5-11)20-8-10-2-1-3-14(19)13(10)9-20/h1-7H,8-9,19H2. The molecule has 0 amide bonds. The second kappa shape index (κ2) is 4.44. The fourth-order valence-electron chi connectivity index (χ4n) is 2.49. The van der Waals surface area contributed by atoms with E-state index in [2.05, 4.69) is 0 Å². The predicted octanol–water partition coefficient (Wildman–Crippen LogP) is 3.81. The zero-order valence-corrected chi connectivity index (χ0v) is 10.6. The summed E-state index contributed by atoms with van der Waals surface area (Å²) in [6.07, 6.45) is -4.29. The van der Waals surface area contributed by atoms with Crippen LogP contribution in [0.5, 0.6) is 0 Å². The van der Waals surface area contributed by atoms with E-state index in [0.717, 1.165) is 34.6 Å². The van der Waals surface area contributed by atoms with Crippen LogP contribution in [-0.4, -0.2) is 0 Å². The highest BCUT2D eigenvalue weighted by Crippen LogP contribution is 2.34. The maximum Gasteiger partial charge on any atom is 0.416 e. The van der Waals surface area contributed by atoms with Crippen LogP contribution >= 0.6 is 0 Å². The quantitative estimate of drug-likeness (QED) is 0.804. The first-order valence-corrected chi connectivity index (χ1v) is 6.23. The van der Waals surface area contributed by atoms with Crippen LogP contribution in [0.2, 0.25) is 0 Å². The van der Waals surface area contributed by atoms with Crippen molar-refractivity contribution < 1.29 is 13.2 Å². The van der Waals surface area contributed by atoms with Crippen molar-refractivity contribution in [1.29, 1.82) is 0 Å². The minimum Gasteiger partial charge on any atom is -0.398 e. The van der Waals surface area contributed by atoms with Gasteiger partial charge >= 0.3 is 6.18 Å². The van der Waals surface area contributed by atoms with Crippen molar-refractivity contribution in [3.05, 3.63) is 59.2 Å². The fourth-order valence-corrected chi connectivity index (χ4v) is 2.49. The van der Waals surface area contributed by atoms with Gasteiger partial charge < -0.3 is 10.6 Å². The van der Waals surface area contributed by atoms with E-state index in [4.69, 9.17) is 5.73 Å². The Morgan fingerprint density at radius 3 is 2.25 bits per heavy atom. The van der Waals surface area contributed by atoms with Gasteiger partial charge in [0.05, 0.1) is 5.56 Å². The van der Waals surface area contributed by atoms with Crippen molar-refractivity contribution in [2.45, 2.75) is 19.3 Å². The highest BCUT2D eigenvalue weighted by Gasteiger charge is 2.30. The topological polar surface area (TPSA) is 29.3 Å². The summed E-state index contributed by atoms with van der Waals surface area (Å²) >= 11 is 0. The number of alkyl halides is 3. The SMILES string of the molecule is Nc1cccc2c1CN(c1ccc(C(F)(F)F)cc1)C2. The van der Waals surface area contributed by atoms with Crippen LogP contribution in [0, 0.1) is 0 Å². The van der Waals surface area contributed by atoms with E-state index in [1.165, 1.54) is 12.1 Å². The van der Waals surface area contributed by atoms with E-state index in [1.807, 2.05) is 23.1 Å². The molecule has 1 aliphatic heterocycles. The number of benzene rings is 2. The maximum absolute atomic E-state index is 12.5. The van der Waals surface area contributed by atoms with E-state index in [0.29, 0.717) is 13.1 Å². The van der Waals surface area contributed by atoms with Crippen molar-refractivity contribution in [3.8, 4) is 0 Å². The Morgan fingerprint density at radius 1 is 0.950 bits per heavy atom. The number of hydrogen-bond donors (Lipinski definition) is 1. The van der Waals surface area contributed by atoms with Gasteiger partial charge in [-0.25, -0.2) is 0 Å². The third-order valence-corrected chi connectivity index (χ3v) is 3.58. The molecule has 2 aromatic rings. The average molecular weight is 278 g/mol. The Labute approximate surface area is 114 Å². The van der Waals surface area contributed by atoms with Crippen LogP contribution in [0.1, 0.15) is 16.7 Å². The number of hydrogen-bond acceptors (Lipinski definition) is 2. The third-order valence-electron chi connectivity index (χ3n) is 3.58. The molecule has 0 saturated carbocycles. The normalized spacial score (nSPS) is 14.4. The third kappa shape index (κ3) is 2.19. The first-order chi connectivity index (χ1) is 9.45. The average Bonchev–Trinajstić information content (AvgIpc) is 2.83. The van der Waals surface area contributed by atoms with Crippen LogP contribution in [-0.2, 0) is 19.3 Å². The number of anilines is 2. The molecule has 2 aromatic carbocycles. The van der Waals surface area contributed by atoms with Crippen molar-refractivity contribution in [2.24, 2.45) is 0 Å². The van der Waals surface area contributed by atoms with Gasteiger partial charge in [-0.2, -0.15) is 13.2 Å². The minimum absolute atomic E-state index is 0.627. The molecule has 0 aromatic heterocycles. The lowest BCUT2D eigenvalue weighted by atomic mass is 10.1. The van der Waals surface area contributed by atoms with Crippen molar-refractivity contribution in [3.63, 3.8) is 0 Å². The molecule has 0 atom stereocenters. The van der Waals surface area contributed by atoms with Crippen LogP contribution in [0.15, 0.2) is 42.5 Å². The molecule has 20 heavy (non-hydrogen) atoms. The number of nitrogen functional groups attached to an aromatic ring is 1. The molecule has 0 saturated heterocycles. The summed E-state index contributed by atoms with van der Waals surface area (Å²) in [6, 6.07) is 11.0. The molecule has 0 unspecified atom stereocenters. The fraction of sp³-hybridized carbons (Fsp3) is 0.200. The van der Waals surface area contributed by atoms with Gasteiger partial charge in [0.2, 0.25) is 0 Å². The maximum atomic E-state index is 12.5. The van der Waals surface area contributed by atoms with Gasteiger partial charge in [0.1, 0.15) is 0 Å². The lowest BCUT2D eigenvalue weighted by Gasteiger charge is -2.18. The number of halogens is 3. The van der Waals surface area contributed by atoms with Gasteiger partial charge in [0, 0.05) is 24.5 Å². The molecule has 0 aliphatic carbocycles. The highest BCUT2D eigenvalue weighted by atomic mass is 19.4. The Bertz CT molecular complexity index is 633. The zero-order valence-electron chi connectivity index (χ0n) is 10.6. The van der Waals surface area contributed by atoms with E-state index in [1.54, 1.807) is 0 Å². The monoisotopic (exact) mass is 278 g/mol. The number of nitrogens with zero attached hydrogens (tertiary/aromatic N) is 1. The molecule has 1 heterocycles. The summed E-state index contributed by atoms with van der Waals surface area (Å²) in [5, 5.41) is 0. The van der Waals surface area contributed by atoms with Crippen LogP contribution in [0.4, 0.5) is 24.5 Å². The smallest absolute Gasteiger partial charge is 0.398 e. The lowest BCUT2D eigenvalue weighted by Crippen LogP contribution is -2.15. The second-order valence-corrected chi connectivity index (χ2v) is 4.89. The van der Waals surface area contributed by atoms with Gasteiger partial charge in [-0.3, -0.25) is 0 Å². The summed E-state index contributed by atoms with van der Waals surface area (Å²) in [7, 11) is 0. The number of rotatable bonds is 1. The Balaban J connectivity index is 1.85. The Kier molecular flexibility index (Phi) is 2.85. The molecule has 1 aliphatic rings. The van der Waals surface area contributed by atoms with Crippen molar-refractivity contribution >= 4 is 11.4 Å². The van der Waals surface area contributed by atoms with Gasteiger partial charge in [-0.05, 0) is 41.5 Å². The lowest BCUT2D eigenvalue weighted by molar-refractivity contribution is -0.137. The van der Waals surface area contributed by atoms with Crippen LogP contribution in [0.25, 0.3) is 0 Å². The summed E-state index contributed by atoms with van der Waals surface area (Å²) in [5.74, 6) is 0. The van der Waals surface area contributed by atoms with Crippen molar-refractivity contribution in [1.82, 2.24) is 0 Å². The zero-order chi connectivity index (χ0) is 14.3. The van der Waals surface area contributed by atoms with Crippen molar-refractivity contribution in [2.75, 3.05) is 10.6 Å². The van der Waals surface area contributed by atoms with Gasteiger partial charge in [0.15, 0.2) is 0 Å². The largest absolute Gasteiger partial charge is 0.416 e. The molecule has 2 N–H and O–H groups in total. The number of nitrogens with two attached hydrogens (primary N) is 1. The van der Waals surface area contributed by atoms with E-state index in [-0.39, 0.29) is 0 Å². The molecule has 2 nitrogen and oxygen atoms in total. The molecule has 3 rings (SSSR count). The van der Waals surface area contributed by atoms with E-state index < -0.39 is 11.7 Å². The summed E-state index contributed by atoms with van der Waals surface area (Å²) < 4.78 is 37.6. The van der Waals surface area contributed by atoms with Gasteiger partial charge in [-0.15, -0.1) is 0 Å². The first-order valence-electron chi connectivity index (χ1n) is 6.23. The molecular weight excluding hydrogens is 265 g/mol. The van der Waals surface area contributed by atoms with Crippen LogP contribution < -0.4 is 10.6 Å². The summed E-state index contributed by atoms with van der Waals surface area (Å²) in [4.78, 5) is 2.02. The first kappa shape index (κ1) is 12.8. The molecule has 0 spiro atoms. The van der Waals surface area contributed by atoms with Crippen LogP contribution in [0.3, 0.4) is 0 Å². The molecular formula is C15H13F3N2. The minimum atomic E-state index is -4.29. The van der Waals surface area contributed by atoms with Gasteiger partial charge in [0.25, 0.3) is 0 Å². The number of fused-ring (bicyclic) bond motifs is 1. The summed E-state index contributed by atoms with van der Waals surface area (Å²) in [6.45, 7) is 1.30. The van der Waals surface area contributed by atoms with E-state index in [9.17, 15) is 13.2 Å². The second-order valence-electron chi connectivity index (χ2n) is 4.89. The Hall–Kier alpha value is -2.17. The summed E-state index contributed by atoms with van der Waals surface area (Å²) in [5.41, 5.74) is 8.99. The van der Waals surface area contributed by atoms with E-state index >= 15 is 0 Å². The highest BCUT2D eigenvalue weighted by molar-refractivity contribution is 5.59. The van der Waals surface area contributed by atoms with Gasteiger partial charge in [-0.1, -0.05) is 12.1 Å². The molecule has 0 fully saturated rings. The molecule has 104 valence electrons. The Morgan fingerprint density at radius 2 is 1.65 bits per heavy atom. The molecule has 5 heteroatoms. The molecule has 0 radical (unpaired) electrons. The molecule has 0 bridgehead atoms.